The molecule has 1 aromatic rings. The van der Waals surface area contributed by atoms with E-state index in [0.29, 0.717) is 12.0 Å². The molecule has 0 aromatic heterocycles. The lowest BCUT2D eigenvalue weighted by atomic mass is 9.95. The van der Waals surface area contributed by atoms with Crippen molar-refractivity contribution in [2.24, 2.45) is 5.92 Å². The van der Waals surface area contributed by atoms with Crippen LogP contribution in [0.25, 0.3) is 0 Å². The Bertz CT molecular complexity index is 463. The van der Waals surface area contributed by atoms with Gasteiger partial charge in [0.2, 0.25) is 0 Å². The van der Waals surface area contributed by atoms with E-state index in [1.165, 1.54) is 12.1 Å². The van der Waals surface area contributed by atoms with Crippen LogP contribution in [0.4, 0.5) is 0 Å². The van der Waals surface area contributed by atoms with Gasteiger partial charge in [-0.3, -0.25) is 0 Å². The Morgan fingerprint density at radius 1 is 1.25 bits per heavy atom. The molecule has 2 N–H and O–H groups in total. The van der Waals surface area contributed by atoms with E-state index in [2.05, 4.69) is 0 Å². The molecule has 0 amide bonds. The molecule has 0 saturated carbocycles. The predicted octanol–water partition coefficient (Wildman–Crippen LogP) is 0.860. The molecule has 1 aliphatic rings. The Labute approximate surface area is 94.5 Å². The van der Waals surface area contributed by atoms with Gasteiger partial charge in [-0.05, 0) is 24.1 Å². The maximum atomic E-state index is 11.3. The minimum absolute atomic E-state index is 0.0506. The SMILES string of the molecule is O=S1(=O)CCC(C(O)c2ccc(O)cc2)C1. The summed E-state index contributed by atoms with van der Waals surface area (Å²) in [5.41, 5.74) is 0.653. The van der Waals surface area contributed by atoms with E-state index in [0.717, 1.165) is 0 Å². The summed E-state index contributed by atoms with van der Waals surface area (Å²) in [4.78, 5) is 0. The second kappa shape index (κ2) is 4.07. The zero-order valence-electron chi connectivity index (χ0n) is 8.70. The standard InChI is InChI=1S/C11H14O4S/c12-10-3-1-8(2-4-10)11(13)9-5-6-16(14,15)7-9/h1-4,9,11-13H,5-7H2. The Morgan fingerprint density at radius 3 is 2.38 bits per heavy atom. The molecule has 1 fully saturated rings. The summed E-state index contributed by atoms with van der Waals surface area (Å²) < 4.78 is 22.6. The third kappa shape index (κ3) is 2.36. The molecule has 5 heteroatoms. The number of aliphatic hydroxyl groups excluding tert-OH is 1. The Kier molecular flexibility index (Phi) is 2.90. The molecule has 1 aliphatic heterocycles. The molecule has 0 spiro atoms. The van der Waals surface area contributed by atoms with Crippen LogP contribution in [0.3, 0.4) is 0 Å². The van der Waals surface area contributed by atoms with Gasteiger partial charge >= 0.3 is 0 Å². The van der Waals surface area contributed by atoms with Gasteiger partial charge in [0, 0.05) is 5.92 Å². The van der Waals surface area contributed by atoms with Gasteiger partial charge in [0.05, 0.1) is 17.6 Å². The second-order valence-electron chi connectivity index (χ2n) is 4.20. The fraction of sp³-hybridized carbons (Fsp3) is 0.455. The average molecular weight is 242 g/mol. The van der Waals surface area contributed by atoms with Crippen molar-refractivity contribution in [1.29, 1.82) is 0 Å². The van der Waals surface area contributed by atoms with Gasteiger partial charge in [-0.2, -0.15) is 0 Å². The van der Waals surface area contributed by atoms with Crippen LogP contribution in [0.15, 0.2) is 24.3 Å². The first-order chi connectivity index (χ1) is 7.48. The minimum Gasteiger partial charge on any atom is -0.508 e. The number of hydrogen-bond acceptors (Lipinski definition) is 4. The number of hydrogen-bond donors (Lipinski definition) is 2. The first-order valence-corrected chi connectivity index (χ1v) is 6.97. The van der Waals surface area contributed by atoms with Crippen molar-refractivity contribution in [3.8, 4) is 5.75 Å². The molecule has 0 aliphatic carbocycles. The summed E-state index contributed by atoms with van der Waals surface area (Å²) in [6.07, 6.45) is -0.262. The lowest BCUT2D eigenvalue weighted by Gasteiger charge is -2.16. The number of aromatic hydroxyl groups is 1. The number of phenolic OH excluding ortho intramolecular Hbond substituents is 1. The molecule has 88 valence electrons. The Hall–Kier alpha value is -1.07. The van der Waals surface area contributed by atoms with Crippen LogP contribution in [0, 0.1) is 5.92 Å². The summed E-state index contributed by atoms with van der Waals surface area (Å²) in [6.45, 7) is 0. The fourth-order valence-electron chi connectivity index (χ4n) is 2.02. The van der Waals surface area contributed by atoms with Crippen molar-refractivity contribution in [2.75, 3.05) is 11.5 Å². The number of sulfone groups is 1. The smallest absolute Gasteiger partial charge is 0.150 e. The molecule has 2 atom stereocenters. The van der Waals surface area contributed by atoms with Crippen LogP contribution >= 0.6 is 0 Å². The Balaban J connectivity index is 2.14. The lowest BCUT2D eigenvalue weighted by molar-refractivity contribution is 0.121. The van der Waals surface area contributed by atoms with Crippen LogP contribution < -0.4 is 0 Å². The minimum atomic E-state index is -2.97. The van der Waals surface area contributed by atoms with Crippen LogP contribution in [0.2, 0.25) is 0 Å². The lowest BCUT2D eigenvalue weighted by Crippen LogP contribution is -2.14. The van der Waals surface area contributed by atoms with Gasteiger partial charge in [-0.15, -0.1) is 0 Å². The highest BCUT2D eigenvalue weighted by molar-refractivity contribution is 7.91. The summed E-state index contributed by atoms with van der Waals surface area (Å²) >= 11 is 0. The monoisotopic (exact) mass is 242 g/mol. The van der Waals surface area contributed by atoms with E-state index >= 15 is 0 Å². The van der Waals surface area contributed by atoms with Crippen molar-refractivity contribution >= 4 is 9.84 Å². The Morgan fingerprint density at radius 2 is 1.88 bits per heavy atom. The zero-order valence-corrected chi connectivity index (χ0v) is 9.52. The van der Waals surface area contributed by atoms with Gasteiger partial charge in [0.25, 0.3) is 0 Å². The van der Waals surface area contributed by atoms with Gasteiger partial charge in [-0.1, -0.05) is 12.1 Å². The summed E-state index contributed by atoms with van der Waals surface area (Å²) in [7, 11) is -2.97. The van der Waals surface area contributed by atoms with Crippen molar-refractivity contribution in [3.05, 3.63) is 29.8 Å². The maximum absolute atomic E-state index is 11.3. The van der Waals surface area contributed by atoms with E-state index in [-0.39, 0.29) is 23.2 Å². The van der Waals surface area contributed by atoms with Gasteiger partial charge in [0.1, 0.15) is 5.75 Å². The molecule has 2 unspecified atom stereocenters. The highest BCUT2D eigenvalue weighted by Gasteiger charge is 2.33. The molecule has 2 rings (SSSR count). The number of phenols is 1. The van der Waals surface area contributed by atoms with E-state index < -0.39 is 15.9 Å². The highest BCUT2D eigenvalue weighted by atomic mass is 32.2. The molecule has 0 radical (unpaired) electrons. The van der Waals surface area contributed by atoms with Crippen molar-refractivity contribution in [2.45, 2.75) is 12.5 Å². The fourth-order valence-corrected chi connectivity index (χ4v) is 3.85. The van der Waals surface area contributed by atoms with E-state index in [1.54, 1.807) is 12.1 Å². The molecular weight excluding hydrogens is 228 g/mol. The molecule has 0 bridgehead atoms. The van der Waals surface area contributed by atoms with Crippen molar-refractivity contribution in [3.63, 3.8) is 0 Å². The second-order valence-corrected chi connectivity index (χ2v) is 6.43. The number of aliphatic hydroxyl groups is 1. The first-order valence-electron chi connectivity index (χ1n) is 5.15. The topological polar surface area (TPSA) is 74.6 Å². The third-order valence-electron chi connectivity index (χ3n) is 2.95. The molecule has 16 heavy (non-hydrogen) atoms. The normalized spacial score (nSPS) is 25.4. The molecule has 4 nitrogen and oxygen atoms in total. The summed E-state index contributed by atoms with van der Waals surface area (Å²) in [5.74, 6) is 0.117. The van der Waals surface area contributed by atoms with Crippen LogP contribution in [0.1, 0.15) is 18.1 Å². The molecule has 1 saturated heterocycles. The van der Waals surface area contributed by atoms with Gasteiger partial charge < -0.3 is 10.2 Å². The molecule has 1 aromatic carbocycles. The average Bonchev–Trinajstić information content (AvgIpc) is 2.59. The van der Waals surface area contributed by atoms with Crippen molar-refractivity contribution < 1.29 is 18.6 Å². The zero-order chi connectivity index (χ0) is 11.8. The van der Waals surface area contributed by atoms with Crippen LogP contribution in [-0.2, 0) is 9.84 Å². The van der Waals surface area contributed by atoms with E-state index in [9.17, 15) is 13.5 Å². The predicted molar refractivity (Wildman–Crippen MR) is 59.8 cm³/mol. The van der Waals surface area contributed by atoms with Crippen molar-refractivity contribution in [1.82, 2.24) is 0 Å². The summed E-state index contributed by atoms with van der Waals surface area (Å²) in [6, 6.07) is 6.21. The maximum Gasteiger partial charge on any atom is 0.150 e. The van der Waals surface area contributed by atoms with E-state index in [1.807, 2.05) is 0 Å². The summed E-state index contributed by atoms with van der Waals surface area (Å²) in [5, 5.41) is 19.1. The van der Waals surface area contributed by atoms with Gasteiger partial charge in [-0.25, -0.2) is 8.42 Å². The number of benzene rings is 1. The number of rotatable bonds is 2. The highest BCUT2D eigenvalue weighted by Crippen LogP contribution is 2.31. The molecule has 1 heterocycles. The largest absolute Gasteiger partial charge is 0.508 e. The first kappa shape index (κ1) is 11.4. The quantitative estimate of drug-likeness (QED) is 0.806. The van der Waals surface area contributed by atoms with Gasteiger partial charge in [0.15, 0.2) is 9.84 Å². The third-order valence-corrected chi connectivity index (χ3v) is 4.74. The molecular formula is C11H14O4S. The van der Waals surface area contributed by atoms with E-state index in [4.69, 9.17) is 5.11 Å². The van der Waals surface area contributed by atoms with Crippen LogP contribution in [0.5, 0.6) is 5.75 Å². The van der Waals surface area contributed by atoms with Crippen LogP contribution in [-0.4, -0.2) is 30.1 Å².